The highest BCUT2D eigenvalue weighted by Crippen LogP contribution is 2.35. The lowest BCUT2D eigenvalue weighted by Gasteiger charge is -2.22. The van der Waals surface area contributed by atoms with E-state index in [-0.39, 0.29) is 36.0 Å². The van der Waals surface area contributed by atoms with E-state index in [1.807, 2.05) is 0 Å². The average molecular weight is 609 g/mol. The molecule has 5 aromatic rings. The number of aromatic nitrogens is 7. The van der Waals surface area contributed by atoms with Crippen molar-refractivity contribution in [3.8, 4) is 22.5 Å². The third-order valence-electron chi connectivity index (χ3n) is 7.65. The van der Waals surface area contributed by atoms with Gasteiger partial charge < -0.3 is 10.4 Å². The van der Waals surface area contributed by atoms with Crippen molar-refractivity contribution in [1.29, 1.82) is 0 Å². The number of halogens is 3. The summed E-state index contributed by atoms with van der Waals surface area (Å²) < 4.78 is 31.5. The summed E-state index contributed by atoms with van der Waals surface area (Å²) >= 11 is 6.37. The quantitative estimate of drug-likeness (QED) is 0.290. The number of aliphatic hydroxyl groups is 1. The Bertz CT molecular complexity index is 1890. The fourth-order valence-corrected chi connectivity index (χ4v) is 5.78. The number of benzene rings is 1. The fraction of sp³-hybridized carbons (Fsp3) is 0.310. The Morgan fingerprint density at radius 1 is 1.12 bits per heavy atom. The van der Waals surface area contributed by atoms with E-state index in [4.69, 9.17) is 11.6 Å². The molecule has 2 bridgehead atoms. The molecular weight excluding hydrogens is 582 g/mol. The van der Waals surface area contributed by atoms with Gasteiger partial charge in [0.25, 0.3) is 5.56 Å². The molecule has 0 fully saturated rings. The third kappa shape index (κ3) is 5.41. The van der Waals surface area contributed by atoms with E-state index in [2.05, 4.69) is 25.5 Å². The number of fused-ring (bicyclic) bond motifs is 5. The van der Waals surface area contributed by atoms with Crippen LogP contribution in [0.25, 0.3) is 33.4 Å². The number of pyridine rings is 1. The highest BCUT2D eigenvalue weighted by Gasteiger charge is 2.26. The molecule has 0 unspecified atom stereocenters. The molecule has 2 atom stereocenters. The molecule has 0 aliphatic carbocycles. The van der Waals surface area contributed by atoms with Crippen LogP contribution in [0.1, 0.15) is 44.5 Å². The van der Waals surface area contributed by atoms with Crippen LogP contribution in [0, 0.1) is 5.92 Å². The summed E-state index contributed by atoms with van der Waals surface area (Å²) in [5.41, 5.74) is 2.34. The SMILES string of the molecule is C[C@@H]1CCC[C@H](n2cnc(-c3cc(Cl)cc4cnn(CCO)c34)cc2=O)c2cc(ccn2)-c2c(cnn2C(F)F)NC1=O. The smallest absolute Gasteiger partial charge is 0.333 e. The Labute approximate surface area is 248 Å². The molecule has 1 aliphatic heterocycles. The molecule has 0 spiro atoms. The Kier molecular flexibility index (Phi) is 7.75. The van der Waals surface area contributed by atoms with Gasteiger partial charge >= 0.3 is 6.55 Å². The first kappa shape index (κ1) is 28.6. The molecule has 1 amide bonds. The summed E-state index contributed by atoms with van der Waals surface area (Å²) in [7, 11) is 0. The van der Waals surface area contributed by atoms with Gasteiger partial charge in [-0.2, -0.15) is 19.0 Å². The minimum Gasteiger partial charge on any atom is -0.394 e. The van der Waals surface area contributed by atoms with Gasteiger partial charge in [0.2, 0.25) is 5.91 Å². The second-order valence-electron chi connectivity index (χ2n) is 10.4. The van der Waals surface area contributed by atoms with Gasteiger partial charge in [0.15, 0.2) is 0 Å². The number of hydrogen-bond acceptors (Lipinski definition) is 7. The largest absolute Gasteiger partial charge is 0.394 e. The van der Waals surface area contributed by atoms with Gasteiger partial charge in [0.05, 0.1) is 66.2 Å². The van der Waals surface area contributed by atoms with Crippen molar-refractivity contribution < 1.29 is 18.7 Å². The lowest BCUT2D eigenvalue weighted by atomic mass is 9.97. The summed E-state index contributed by atoms with van der Waals surface area (Å²) in [6.45, 7) is -1.05. The molecule has 0 radical (unpaired) electrons. The van der Waals surface area contributed by atoms with Gasteiger partial charge in [-0.25, -0.2) is 9.67 Å². The number of nitrogens with zero attached hydrogens (tertiary/aromatic N) is 7. The molecule has 222 valence electrons. The number of hydrogen-bond donors (Lipinski definition) is 2. The Balaban J connectivity index is 1.46. The third-order valence-corrected chi connectivity index (χ3v) is 7.87. The predicted octanol–water partition coefficient (Wildman–Crippen LogP) is 4.91. The van der Waals surface area contributed by atoms with Crippen molar-refractivity contribution in [2.45, 2.75) is 45.3 Å². The van der Waals surface area contributed by atoms with Crippen LogP contribution in [0.4, 0.5) is 14.5 Å². The van der Waals surface area contributed by atoms with E-state index < -0.39 is 18.5 Å². The maximum atomic E-state index is 13.9. The van der Waals surface area contributed by atoms with E-state index in [0.29, 0.717) is 57.0 Å². The zero-order chi connectivity index (χ0) is 30.2. The first-order chi connectivity index (χ1) is 20.7. The second-order valence-corrected chi connectivity index (χ2v) is 10.9. The van der Waals surface area contributed by atoms with Crippen molar-refractivity contribution >= 4 is 34.1 Å². The van der Waals surface area contributed by atoms with Gasteiger partial charge in [-0.15, -0.1) is 0 Å². The van der Waals surface area contributed by atoms with Crippen LogP contribution in [-0.4, -0.2) is 51.7 Å². The second kappa shape index (κ2) is 11.7. The van der Waals surface area contributed by atoms with Crippen LogP contribution >= 0.6 is 11.6 Å². The monoisotopic (exact) mass is 608 g/mol. The number of aliphatic hydroxyl groups excluding tert-OH is 1. The van der Waals surface area contributed by atoms with Crippen molar-refractivity contribution in [1.82, 2.24) is 34.1 Å². The highest BCUT2D eigenvalue weighted by atomic mass is 35.5. The van der Waals surface area contributed by atoms with Crippen molar-refractivity contribution in [3.05, 3.63) is 76.3 Å². The predicted molar refractivity (Wildman–Crippen MR) is 156 cm³/mol. The summed E-state index contributed by atoms with van der Waals surface area (Å²) in [4.78, 5) is 35.7. The van der Waals surface area contributed by atoms with Gasteiger partial charge in [0, 0.05) is 39.7 Å². The molecule has 4 aromatic heterocycles. The number of carbonyl (C=O) groups excluding carboxylic acids is 1. The molecule has 6 rings (SSSR count). The molecule has 0 saturated carbocycles. The number of carbonyl (C=O) groups is 1. The van der Waals surface area contributed by atoms with Crippen LogP contribution < -0.4 is 10.9 Å². The van der Waals surface area contributed by atoms with Crippen LogP contribution in [0.15, 0.2) is 60.0 Å². The number of amides is 1. The molecule has 0 saturated heterocycles. The molecule has 2 N–H and O–H groups in total. The maximum Gasteiger partial charge on any atom is 0.333 e. The number of alkyl halides is 2. The van der Waals surface area contributed by atoms with Gasteiger partial charge in [-0.05, 0) is 37.1 Å². The average Bonchev–Trinajstić information content (AvgIpc) is 3.59. The first-order valence-corrected chi connectivity index (χ1v) is 14.1. The molecule has 14 heteroatoms. The molecular formula is C29H27ClF2N8O3. The van der Waals surface area contributed by atoms with Crippen LogP contribution in [0.3, 0.4) is 0 Å². The summed E-state index contributed by atoms with van der Waals surface area (Å²) in [6.07, 6.45) is 7.29. The lowest BCUT2D eigenvalue weighted by molar-refractivity contribution is -0.119. The van der Waals surface area contributed by atoms with E-state index in [9.17, 15) is 23.5 Å². The summed E-state index contributed by atoms with van der Waals surface area (Å²) in [5.74, 6) is -0.724. The van der Waals surface area contributed by atoms with Crippen molar-refractivity contribution in [2.24, 2.45) is 5.92 Å². The molecule has 11 nitrogen and oxygen atoms in total. The fourth-order valence-electron chi connectivity index (χ4n) is 5.55. The Morgan fingerprint density at radius 3 is 2.72 bits per heavy atom. The maximum absolute atomic E-state index is 13.9. The number of rotatable bonds is 5. The zero-order valence-electron chi connectivity index (χ0n) is 23.0. The number of nitrogens with one attached hydrogen (secondary N) is 1. The summed E-state index contributed by atoms with van der Waals surface area (Å²) in [6, 6.07) is 7.46. The zero-order valence-corrected chi connectivity index (χ0v) is 23.7. The normalized spacial score (nSPS) is 17.4. The van der Waals surface area contributed by atoms with Crippen LogP contribution in [0.5, 0.6) is 0 Å². The topological polar surface area (TPSA) is 133 Å². The highest BCUT2D eigenvalue weighted by molar-refractivity contribution is 6.31. The minimum atomic E-state index is -2.94. The van der Waals surface area contributed by atoms with Gasteiger partial charge in [-0.3, -0.25) is 23.8 Å². The Morgan fingerprint density at radius 2 is 1.95 bits per heavy atom. The molecule has 43 heavy (non-hydrogen) atoms. The molecule has 1 aromatic carbocycles. The van der Waals surface area contributed by atoms with E-state index in [1.54, 1.807) is 42.1 Å². The van der Waals surface area contributed by atoms with E-state index in [0.717, 1.165) is 5.39 Å². The van der Waals surface area contributed by atoms with Crippen LogP contribution in [-0.2, 0) is 11.3 Å². The van der Waals surface area contributed by atoms with Crippen LogP contribution in [0.2, 0.25) is 5.02 Å². The van der Waals surface area contributed by atoms with E-state index >= 15 is 0 Å². The van der Waals surface area contributed by atoms with Gasteiger partial charge in [0.1, 0.15) is 0 Å². The number of anilines is 1. The first-order valence-electron chi connectivity index (χ1n) is 13.7. The van der Waals surface area contributed by atoms with Crippen molar-refractivity contribution in [2.75, 3.05) is 11.9 Å². The Hall–Kier alpha value is -4.49. The summed E-state index contributed by atoms with van der Waals surface area (Å²) in [5, 5.41) is 21.6. The van der Waals surface area contributed by atoms with Gasteiger partial charge in [-0.1, -0.05) is 24.9 Å². The molecule has 1 aliphatic rings. The standard InChI is InChI=1S/C29H27ClF2N8O3/c1-16-3-2-4-24(22-10-17(5-6-33-22)27-23(37-28(16)43)14-36-40(27)29(31)32)38-15-34-21(12-25(38)42)20-11-19(30)9-18-13-35-39(7-8-41)26(18)20/h5-6,9-16,24,29,41H,2-4,7-8H2,1H3,(H,37,43)/t16-,24+/m1/s1. The lowest BCUT2D eigenvalue weighted by Crippen LogP contribution is -2.27. The minimum absolute atomic E-state index is 0.0452. The van der Waals surface area contributed by atoms with E-state index in [1.165, 1.54) is 29.4 Å². The van der Waals surface area contributed by atoms with Crippen molar-refractivity contribution in [3.63, 3.8) is 0 Å². The molecule has 5 heterocycles.